The highest BCUT2D eigenvalue weighted by atomic mass is 79.9. The third-order valence-electron chi connectivity index (χ3n) is 3.09. The number of ether oxygens (including phenoxy) is 1. The van der Waals surface area contributed by atoms with Crippen molar-refractivity contribution in [3.05, 3.63) is 62.5 Å². The zero-order valence-electron chi connectivity index (χ0n) is 12.9. The number of aryl methyl sites for hydroxylation is 1. The van der Waals surface area contributed by atoms with E-state index in [2.05, 4.69) is 42.7 Å². The Bertz CT molecular complexity index is 713. The topological polar surface area (TPSA) is 67.4 Å². The smallest absolute Gasteiger partial charge is 0.276 e. The molecule has 0 saturated heterocycles. The Hall–Kier alpha value is -1.86. The lowest BCUT2D eigenvalue weighted by molar-refractivity contribution is -0.129. The highest BCUT2D eigenvalue weighted by Crippen LogP contribution is 2.32. The molecule has 2 rings (SSSR count). The number of hydrazine groups is 1. The van der Waals surface area contributed by atoms with Crippen LogP contribution in [-0.4, -0.2) is 18.4 Å². The average Bonchev–Trinajstić information content (AvgIpc) is 2.53. The number of rotatable bonds is 5. The van der Waals surface area contributed by atoms with Crippen LogP contribution in [0, 0.1) is 6.92 Å². The van der Waals surface area contributed by atoms with Crippen LogP contribution in [0.2, 0.25) is 0 Å². The first-order chi connectivity index (χ1) is 11.5. The molecule has 0 aliphatic carbocycles. The van der Waals surface area contributed by atoms with Crippen LogP contribution in [0.1, 0.15) is 11.1 Å². The second-order valence-corrected chi connectivity index (χ2v) is 6.85. The summed E-state index contributed by atoms with van der Waals surface area (Å²) in [6.45, 7) is 1.68. The normalized spacial score (nSPS) is 10.1. The van der Waals surface area contributed by atoms with Gasteiger partial charge in [-0.3, -0.25) is 20.4 Å². The molecule has 24 heavy (non-hydrogen) atoms. The van der Waals surface area contributed by atoms with E-state index in [0.29, 0.717) is 5.75 Å². The zero-order valence-corrected chi connectivity index (χ0v) is 16.1. The van der Waals surface area contributed by atoms with Crippen molar-refractivity contribution in [3.63, 3.8) is 0 Å². The average molecular weight is 456 g/mol. The number of halogens is 2. The lowest BCUT2D eigenvalue weighted by atomic mass is 10.1. The van der Waals surface area contributed by atoms with E-state index in [0.717, 1.165) is 20.1 Å². The highest BCUT2D eigenvalue weighted by molar-refractivity contribution is 9.11. The third kappa shape index (κ3) is 5.65. The molecular weight excluding hydrogens is 440 g/mol. The van der Waals surface area contributed by atoms with E-state index >= 15 is 0 Å². The molecule has 0 radical (unpaired) electrons. The largest absolute Gasteiger partial charge is 0.482 e. The Kier molecular flexibility index (Phi) is 6.81. The van der Waals surface area contributed by atoms with E-state index in [1.165, 1.54) is 0 Å². The molecule has 2 N–H and O–H groups in total. The first-order valence-corrected chi connectivity index (χ1v) is 8.74. The Balaban J connectivity index is 1.79. The van der Waals surface area contributed by atoms with Crippen molar-refractivity contribution < 1.29 is 14.3 Å². The maximum atomic E-state index is 11.8. The Morgan fingerprint density at radius 3 is 2.38 bits per heavy atom. The van der Waals surface area contributed by atoms with Gasteiger partial charge in [0, 0.05) is 4.47 Å². The second kappa shape index (κ2) is 8.84. The minimum absolute atomic E-state index is 0.194. The lowest BCUT2D eigenvalue weighted by Gasteiger charge is -2.12. The molecule has 0 unspecified atom stereocenters. The maximum absolute atomic E-state index is 11.8. The molecule has 0 fully saturated rings. The summed E-state index contributed by atoms with van der Waals surface area (Å²) in [5.41, 5.74) is 6.46. The minimum Gasteiger partial charge on any atom is -0.482 e. The van der Waals surface area contributed by atoms with Crippen molar-refractivity contribution in [3.8, 4) is 5.75 Å². The molecule has 0 saturated carbocycles. The van der Waals surface area contributed by atoms with Crippen molar-refractivity contribution >= 4 is 43.7 Å². The lowest BCUT2D eigenvalue weighted by Crippen LogP contribution is -2.44. The van der Waals surface area contributed by atoms with Gasteiger partial charge in [0.2, 0.25) is 5.91 Å². The summed E-state index contributed by atoms with van der Waals surface area (Å²) in [5, 5.41) is 0. The van der Waals surface area contributed by atoms with Crippen LogP contribution in [0.4, 0.5) is 0 Å². The molecule has 0 bridgehead atoms. The van der Waals surface area contributed by atoms with Gasteiger partial charge in [-0.15, -0.1) is 0 Å². The Labute approximate surface area is 157 Å². The molecule has 5 nitrogen and oxygen atoms in total. The molecule has 0 spiro atoms. The molecule has 0 aromatic heterocycles. The number of benzene rings is 2. The van der Waals surface area contributed by atoms with Gasteiger partial charge in [0.15, 0.2) is 6.61 Å². The molecule has 2 aromatic rings. The third-order valence-corrected chi connectivity index (χ3v) is 4.14. The van der Waals surface area contributed by atoms with Crippen LogP contribution in [0.25, 0.3) is 0 Å². The van der Waals surface area contributed by atoms with Crippen LogP contribution in [-0.2, 0) is 16.0 Å². The quantitative estimate of drug-likeness (QED) is 0.679. The van der Waals surface area contributed by atoms with Gasteiger partial charge < -0.3 is 4.74 Å². The first kappa shape index (κ1) is 18.5. The van der Waals surface area contributed by atoms with Crippen molar-refractivity contribution in [2.75, 3.05) is 6.61 Å². The number of hydrogen-bond donors (Lipinski definition) is 2. The summed E-state index contributed by atoms with van der Waals surface area (Å²) in [6, 6.07) is 13.0. The summed E-state index contributed by atoms with van der Waals surface area (Å²) in [4.78, 5) is 23.5. The molecule has 2 aromatic carbocycles. The minimum atomic E-state index is -0.439. The van der Waals surface area contributed by atoms with Gasteiger partial charge in [-0.25, -0.2) is 0 Å². The zero-order chi connectivity index (χ0) is 17.5. The van der Waals surface area contributed by atoms with Crippen molar-refractivity contribution in [2.45, 2.75) is 13.3 Å². The second-order valence-electron chi connectivity index (χ2n) is 5.08. The van der Waals surface area contributed by atoms with Gasteiger partial charge in [-0.2, -0.15) is 0 Å². The van der Waals surface area contributed by atoms with Crippen molar-refractivity contribution in [1.82, 2.24) is 10.9 Å². The fraction of sp³-hybridized carbons (Fsp3) is 0.176. The van der Waals surface area contributed by atoms with E-state index in [9.17, 15) is 9.59 Å². The first-order valence-electron chi connectivity index (χ1n) is 7.16. The molecule has 2 amide bonds. The Morgan fingerprint density at radius 2 is 1.71 bits per heavy atom. The van der Waals surface area contributed by atoms with Gasteiger partial charge >= 0.3 is 0 Å². The van der Waals surface area contributed by atoms with E-state index in [1.54, 1.807) is 0 Å². The summed E-state index contributed by atoms with van der Waals surface area (Å²) in [5.74, 6) is -0.148. The summed E-state index contributed by atoms with van der Waals surface area (Å²) in [6.07, 6.45) is 0.194. The summed E-state index contributed by atoms with van der Waals surface area (Å²) in [7, 11) is 0. The monoisotopic (exact) mass is 454 g/mol. The number of hydrogen-bond acceptors (Lipinski definition) is 3. The summed E-state index contributed by atoms with van der Waals surface area (Å²) >= 11 is 6.77. The van der Waals surface area contributed by atoms with Gasteiger partial charge in [0.25, 0.3) is 5.91 Å². The number of amides is 2. The highest BCUT2D eigenvalue weighted by Gasteiger charge is 2.10. The van der Waals surface area contributed by atoms with E-state index in [1.807, 2.05) is 49.4 Å². The van der Waals surface area contributed by atoms with Crippen LogP contribution in [0.15, 0.2) is 51.4 Å². The van der Waals surface area contributed by atoms with E-state index < -0.39 is 5.91 Å². The molecule has 7 heteroatoms. The van der Waals surface area contributed by atoms with Crippen LogP contribution >= 0.6 is 31.9 Å². The molecule has 0 atom stereocenters. The number of carbonyl (C=O) groups excluding carboxylic acids is 2. The predicted octanol–water partition coefficient (Wildman–Crippen LogP) is 3.29. The maximum Gasteiger partial charge on any atom is 0.276 e. The predicted molar refractivity (Wildman–Crippen MR) is 98.5 cm³/mol. The van der Waals surface area contributed by atoms with Crippen LogP contribution in [0.3, 0.4) is 0 Å². The molecule has 0 aliphatic heterocycles. The van der Waals surface area contributed by atoms with Gasteiger partial charge in [-0.05, 0) is 46.1 Å². The SMILES string of the molecule is Cc1cc(Br)cc(Br)c1OCC(=O)NNC(=O)Cc1ccccc1. The van der Waals surface area contributed by atoms with Crippen LogP contribution < -0.4 is 15.6 Å². The molecule has 0 heterocycles. The summed E-state index contributed by atoms with van der Waals surface area (Å²) < 4.78 is 7.16. The number of nitrogens with one attached hydrogen (secondary N) is 2. The van der Waals surface area contributed by atoms with Crippen molar-refractivity contribution in [1.29, 1.82) is 0 Å². The number of carbonyl (C=O) groups is 2. The molecule has 0 aliphatic rings. The Morgan fingerprint density at radius 1 is 1.04 bits per heavy atom. The van der Waals surface area contributed by atoms with Gasteiger partial charge in [0.05, 0.1) is 10.9 Å². The van der Waals surface area contributed by atoms with Gasteiger partial charge in [-0.1, -0.05) is 46.3 Å². The van der Waals surface area contributed by atoms with Crippen LogP contribution in [0.5, 0.6) is 5.75 Å². The van der Waals surface area contributed by atoms with Crippen molar-refractivity contribution in [2.24, 2.45) is 0 Å². The van der Waals surface area contributed by atoms with E-state index in [-0.39, 0.29) is 18.9 Å². The molecular formula is C17H16Br2N2O3. The fourth-order valence-corrected chi connectivity index (χ4v) is 3.56. The van der Waals surface area contributed by atoms with Gasteiger partial charge in [0.1, 0.15) is 5.75 Å². The van der Waals surface area contributed by atoms with E-state index in [4.69, 9.17) is 4.74 Å². The molecule has 126 valence electrons. The standard InChI is InChI=1S/C17H16Br2N2O3/c1-11-7-13(18)9-14(19)17(11)24-10-16(23)21-20-15(22)8-12-5-3-2-4-6-12/h2-7,9H,8,10H2,1H3,(H,20,22)(H,21,23). The fourth-order valence-electron chi connectivity index (χ4n) is 2.01.